The third-order valence-electron chi connectivity index (χ3n) is 7.30. The van der Waals surface area contributed by atoms with Crippen LogP contribution in [0.4, 0.5) is 17.1 Å². The van der Waals surface area contributed by atoms with Gasteiger partial charge in [-0.3, -0.25) is 9.59 Å². The SMILES string of the molecule is CN(C(=O)c1ccc(N2Cc3c(cccc3-c3ccc(-c4ccccc4)cc3)C2=O)cc1)c1ccccc1N. The van der Waals surface area contributed by atoms with Crippen LogP contribution < -0.4 is 15.5 Å². The van der Waals surface area contributed by atoms with E-state index in [0.717, 1.165) is 27.9 Å². The highest BCUT2D eigenvalue weighted by molar-refractivity contribution is 6.12. The highest BCUT2D eigenvalue weighted by atomic mass is 16.2. The zero-order valence-electron chi connectivity index (χ0n) is 21.5. The molecule has 5 aromatic rings. The van der Waals surface area contributed by atoms with E-state index in [1.54, 1.807) is 30.1 Å². The van der Waals surface area contributed by atoms with Crippen LogP contribution in [0, 0.1) is 0 Å². The highest BCUT2D eigenvalue weighted by Gasteiger charge is 2.30. The number of carbonyl (C=O) groups excluding carboxylic acids is 2. The van der Waals surface area contributed by atoms with E-state index >= 15 is 0 Å². The molecule has 0 saturated carbocycles. The number of hydrogen-bond acceptors (Lipinski definition) is 3. The second-order valence-electron chi connectivity index (χ2n) is 9.64. The molecule has 0 saturated heterocycles. The molecule has 0 aliphatic carbocycles. The maximum Gasteiger partial charge on any atom is 0.258 e. The number of nitrogen functional groups attached to an aromatic ring is 1. The second-order valence-corrected chi connectivity index (χ2v) is 9.64. The Morgan fingerprint density at radius 3 is 2.03 bits per heavy atom. The number of rotatable bonds is 5. The van der Waals surface area contributed by atoms with Crippen molar-refractivity contribution in [1.29, 1.82) is 0 Å². The van der Waals surface area contributed by atoms with Gasteiger partial charge in [-0.25, -0.2) is 0 Å². The van der Waals surface area contributed by atoms with Crippen LogP contribution in [0.3, 0.4) is 0 Å². The van der Waals surface area contributed by atoms with Crippen LogP contribution in [0.2, 0.25) is 0 Å². The van der Waals surface area contributed by atoms with E-state index in [-0.39, 0.29) is 11.8 Å². The Hall–Kier alpha value is -5.16. The van der Waals surface area contributed by atoms with Crippen LogP contribution >= 0.6 is 0 Å². The fraction of sp³-hybridized carbons (Fsp3) is 0.0588. The van der Waals surface area contributed by atoms with Gasteiger partial charge in [0.25, 0.3) is 11.8 Å². The number of fused-ring (bicyclic) bond motifs is 1. The number of hydrogen-bond donors (Lipinski definition) is 1. The largest absolute Gasteiger partial charge is 0.397 e. The lowest BCUT2D eigenvalue weighted by Gasteiger charge is -2.20. The summed E-state index contributed by atoms with van der Waals surface area (Å²) in [6.45, 7) is 0.471. The fourth-order valence-electron chi connectivity index (χ4n) is 5.16. The summed E-state index contributed by atoms with van der Waals surface area (Å²) in [5, 5.41) is 0. The first-order valence-corrected chi connectivity index (χ1v) is 12.8. The van der Waals surface area contributed by atoms with Gasteiger partial charge in [-0.2, -0.15) is 0 Å². The van der Waals surface area contributed by atoms with Crippen LogP contribution in [0.5, 0.6) is 0 Å². The number of anilines is 3. The van der Waals surface area contributed by atoms with Gasteiger partial charge in [0.2, 0.25) is 0 Å². The molecule has 0 aromatic heterocycles. The number of nitrogens with two attached hydrogens (primary N) is 1. The van der Waals surface area contributed by atoms with Gasteiger partial charge in [-0.05, 0) is 70.3 Å². The number of benzene rings is 5. The van der Waals surface area contributed by atoms with Crippen molar-refractivity contribution in [2.24, 2.45) is 0 Å². The Kier molecular flexibility index (Phi) is 6.17. The Morgan fingerprint density at radius 2 is 1.31 bits per heavy atom. The molecule has 6 rings (SSSR count). The first-order chi connectivity index (χ1) is 19.0. The average molecular weight is 510 g/mol. The molecular formula is C34H27N3O2. The number of para-hydroxylation sites is 2. The van der Waals surface area contributed by atoms with Crippen LogP contribution in [0.25, 0.3) is 22.3 Å². The summed E-state index contributed by atoms with van der Waals surface area (Å²) in [6, 6.07) is 39.1. The minimum atomic E-state index is -0.170. The van der Waals surface area contributed by atoms with E-state index in [0.29, 0.717) is 29.0 Å². The predicted octanol–water partition coefficient (Wildman–Crippen LogP) is 7.04. The van der Waals surface area contributed by atoms with Gasteiger partial charge in [-0.1, -0.05) is 78.9 Å². The third kappa shape index (κ3) is 4.44. The van der Waals surface area contributed by atoms with E-state index in [4.69, 9.17) is 5.73 Å². The zero-order chi connectivity index (χ0) is 26.9. The van der Waals surface area contributed by atoms with Crippen molar-refractivity contribution in [3.8, 4) is 22.3 Å². The van der Waals surface area contributed by atoms with Gasteiger partial charge in [0.15, 0.2) is 0 Å². The molecule has 1 aliphatic rings. The molecule has 0 radical (unpaired) electrons. The average Bonchev–Trinajstić information content (AvgIpc) is 3.33. The van der Waals surface area contributed by atoms with Gasteiger partial charge in [-0.15, -0.1) is 0 Å². The molecule has 1 aliphatic heterocycles. The van der Waals surface area contributed by atoms with Crippen molar-refractivity contribution in [2.75, 3.05) is 22.6 Å². The topological polar surface area (TPSA) is 66.6 Å². The van der Waals surface area contributed by atoms with E-state index in [1.807, 2.05) is 60.7 Å². The van der Waals surface area contributed by atoms with Crippen molar-refractivity contribution in [3.63, 3.8) is 0 Å². The van der Waals surface area contributed by atoms with Crippen molar-refractivity contribution in [3.05, 3.63) is 138 Å². The summed E-state index contributed by atoms with van der Waals surface area (Å²) in [5.74, 6) is -0.210. The van der Waals surface area contributed by atoms with Gasteiger partial charge in [0.1, 0.15) is 0 Å². The first kappa shape index (κ1) is 24.2. The molecule has 0 spiro atoms. The molecule has 2 N–H and O–H groups in total. The third-order valence-corrected chi connectivity index (χ3v) is 7.30. The molecule has 0 atom stereocenters. The first-order valence-electron chi connectivity index (χ1n) is 12.8. The monoisotopic (exact) mass is 509 g/mol. The molecule has 190 valence electrons. The van der Waals surface area contributed by atoms with Crippen LogP contribution in [-0.2, 0) is 6.54 Å². The number of nitrogens with zero attached hydrogens (tertiary/aromatic N) is 2. The Bertz CT molecular complexity index is 1680. The summed E-state index contributed by atoms with van der Waals surface area (Å²) < 4.78 is 0. The van der Waals surface area contributed by atoms with E-state index in [9.17, 15) is 9.59 Å². The Labute approximate surface area is 227 Å². The molecule has 5 nitrogen and oxygen atoms in total. The Balaban J connectivity index is 1.24. The standard InChI is InChI=1S/C34H27N3O2/c1-36(32-13-6-5-12-31(32)35)33(38)26-18-20-27(21-19-26)37-22-30-28(10-7-11-29(30)34(37)39)25-16-14-24(15-17-25)23-8-3-2-4-9-23/h2-21H,22,35H2,1H3. The second kappa shape index (κ2) is 9.95. The predicted molar refractivity (Wildman–Crippen MR) is 158 cm³/mol. The number of carbonyl (C=O) groups is 2. The molecule has 0 unspecified atom stereocenters. The molecule has 0 bridgehead atoms. The smallest absolute Gasteiger partial charge is 0.258 e. The van der Waals surface area contributed by atoms with E-state index in [2.05, 4.69) is 42.5 Å². The summed E-state index contributed by atoms with van der Waals surface area (Å²) in [7, 11) is 1.70. The molecule has 5 aromatic carbocycles. The molecular weight excluding hydrogens is 482 g/mol. The molecule has 39 heavy (non-hydrogen) atoms. The maximum absolute atomic E-state index is 13.4. The van der Waals surface area contributed by atoms with Crippen molar-refractivity contribution >= 4 is 28.9 Å². The quantitative estimate of drug-likeness (QED) is 0.258. The minimum Gasteiger partial charge on any atom is -0.397 e. The molecule has 5 heteroatoms. The molecule has 1 heterocycles. The van der Waals surface area contributed by atoms with E-state index < -0.39 is 0 Å². The van der Waals surface area contributed by atoms with Crippen molar-refractivity contribution < 1.29 is 9.59 Å². The summed E-state index contributed by atoms with van der Waals surface area (Å²) in [5.41, 5.74) is 14.7. The Morgan fingerprint density at radius 1 is 0.692 bits per heavy atom. The zero-order valence-corrected chi connectivity index (χ0v) is 21.5. The molecule has 2 amide bonds. The lowest BCUT2D eigenvalue weighted by atomic mass is 9.95. The van der Waals surface area contributed by atoms with Crippen LogP contribution in [0.1, 0.15) is 26.3 Å². The van der Waals surface area contributed by atoms with Crippen LogP contribution in [0.15, 0.2) is 121 Å². The van der Waals surface area contributed by atoms with Crippen LogP contribution in [-0.4, -0.2) is 18.9 Å². The fourth-order valence-corrected chi connectivity index (χ4v) is 5.16. The normalized spacial score (nSPS) is 12.3. The summed E-state index contributed by atoms with van der Waals surface area (Å²) in [6.07, 6.45) is 0. The minimum absolute atomic E-state index is 0.0407. The molecule has 0 fully saturated rings. The maximum atomic E-state index is 13.4. The van der Waals surface area contributed by atoms with Crippen molar-refractivity contribution in [2.45, 2.75) is 6.54 Å². The number of amides is 2. The van der Waals surface area contributed by atoms with E-state index in [1.165, 1.54) is 10.5 Å². The summed E-state index contributed by atoms with van der Waals surface area (Å²) in [4.78, 5) is 29.8. The highest BCUT2D eigenvalue weighted by Crippen LogP contribution is 2.36. The van der Waals surface area contributed by atoms with Gasteiger partial charge in [0, 0.05) is 23.9 Å². The summed E-state index contributed by atoms with van der Waals surface area (Å²) >= 11 is 0. The lowest BCUT2D eigenvalue weighted by Crippen LogP contribution is -2.27. The van der Waals surface area contributed by atoms with Crippen molar-refractivity contribution in [1.82, 2.24) is 0 Å². The van der Waals surface area contributed by atoms with Gasteiger partial charge >= 0.3 is 0 Å². The van der Waals surface area contributed by atoms with Gasteiger partial charge in [0.05, 0.1) is 17.9 Å². The lowest BCUT2D eigenvalue weighted by molar-refractivity contribution is 0.0988. The van der Waals surface area contributed by atoms with Gasteiger partial charge < -0.3 is 15.5 Å².